The topological polar surface area (TPSA) is 42.0 Å². The molecule has 2 aliphatic heterocycles. The van der Waals surface area contributed by atoms with Crippen LogP contribution < -0.4 is 4.90 Å². The van der Waals surface area contributed by atoms with Crippen LogP contribution >= 0.6 is 0 Å². The molecule has 2 heterocycles. The van der Waals surface area contributed by atoms with Crippen molar-refractivity contribution < 1.29 is 14.3 Å². The van der Waals surface area contributed by atoms with E-state index < -0.39 is 0 Å². The zero-order valence-electron chi connectivity index (χ0n) is 13.7. The minimum Gasteiger partial charge on any atom is -0.450 e. The Morgan fingerprint density at radius 3 is 2.74 bits per heavy atom. The maximum Gasteiger partial charge on any atom is 0.409 e. The first-order valence-corrected chi connectivity index (χ1v) is 8.58. The number of hydrogen-bond donors (Lipinski definition) is 0. The van der Waals surface area contributed by atoms with E-state index in [1.165, 1.54) is 17.7 Å². The third-order valence-electron chi connectivity index (χ3n) is 5.49. The molecule has 5 heteroatoms. The van der Waals surface area contributed by atoms with Crippen molar-refractivity contribution in [1.82, 2.24) is 4.90 Å². The van der Waals surface area contributed by atoms with Gasteiger partial charge in [-0.25, -0.2) is 4.79 Å². The zero-order chi connectivity index (χ0) is 15.9. The van der Waals surface area contributed by atoms with Crippen molar-refractivity contribution in [3.05, 3.63) is 29.8 Å². The summed E-state index contributed by atoms with van der Waals surface area (Å²) in [5, 5.41) is 0. The van der Waals surface area contributed by atoms with Crippen molar-refractivity contribution in [2.75, 3.05) is 50.9 Å². The summed E-state index contributed by atoms with van der Waals surface area (Å²) in [6.45, 7) is 7.48. The van der Waals surface area contributed by atoms with Crippen LogP contribution in [0.1, 0.15) is 18.9 Å². The number of carbonyl (C=O) groups is 1. The SMILES string of the molecule is CCOC(=O)N1CC2CC2(c2ccc(N3CCOCC3)cc2)C1. The molecule has 0 radical (unpaired) electrons. The fourth-order valence-corrected chi connectivity index (χ4v) is 4.11. The number of benzene rings is 1. The molecular formula is C18H24N2O3. The van der Waals surface area contributed by atoms with E-state index in [0.717, 1.165) is 39.4 Å². The van der Waals surface area contributed by atoms with E-state index in [1.807, 2.05) is 11.8 Å². The van der Waals surface area contributed by atoms with E-state index in [4.69, 9.17) is 9.47 Å². The van der Waals surface area contributed by atoms with E-state index in [1.54, 1.807) is 0 Å². The molecular weight excluding hydrogens is 292 g/mol. The van der Waals surface area contributed by atoms with Gasteiger partial charge in [0.2, 0.25) is 0 Å². The number of ether oxygens (including phenoxy) is 2. The Kier molecular flexibility index (Phi) is 3.68. The molecule has 0 aromatic heterocycles. The van der Waals surface area contributed by atoms with Crippen LogP contribution in [0.3, 0.4) is 0 Å². The van der Waals surface area contributed by atoms with Crippen LogP contribution in [-0.2, 0) is 14.9 Å². The first-order valence-electron chi connectivity index (χ1n) is 8.58. The normalized spacial score (nSPS) is 29.3. The lowest BCUT2D eigenvalue weighted by Gasteiger charge is -2.29. The van der Waals surface area contributed by atoms with Gasteiger partial charge >= 0.3 is 6.09 Å². The molecule has 2 unspecified atom stereocenters. The first kappa shape index (κ1) is 14.8. The Hall–Kier alpha value is -1.75. The van der Waals surface area contributed by atoms with Gasteiger partial charge in [-0.2, -0.15) is 0 Å². The Labute approximate surface area is 137 Å². The highest BCUT2D eigenvalue weighted by Crippen LogP contribution is 2.59. The van der Waals surface area contributed by atoms with Crippen molar-refractivity contribution in [2.24, 2.45) is 5.92 Å². The van der Waals surface area contributed by atoms with Crippen LogP contribution in [0.25, 0.3) is 0 Å². The first-order chi connectivity index (χ1) is 11.2. The van der Waals surface area contributed by atoms with E-state index in [-0.39, 0.29) is 11.5 Å². The van der Waals surface area contributed by atoms with Gasteiger partial charge in [0, 0.05) is 37.3 Å². The molecule has 4 rings (SSSR count). The monoisotopic (exact) mass is 316 g/mol. The van der Waals surface area contributed by atoms with Gasteiger partial charge in [-0.3, -0.25) is 0 Å². The molecule has 124 valence electrons. The molecule has 1 aromatic carbocycles. The summed E-state index contributed by atoms with van der Waals surface area (Å²) >= 11 is 0. The summed E-state index contributed by atoms with van der Waals surface area (Å²) in [4.78, 5) is 16.2. The largest absolute Gasteiger partial charge is 0.450 e. The highest BCUT2D eigenvalue weighted by atomic mass is 16.6. The number of carbonyl (C=O) groups excluding carboxylic acids is 1. The molecule has 0 spiro atoms. The summed E-state index contributed by atoms with van der Waals surface area (Å²) in [6.07, 6.45) is 1.03. The molecule has 2 saturated heterocycles. The number of nitrogens with zero attached hydrogens (tertiary/aromatic N) is 2. The van der Waals surface area contributed by atoms with Gasteiger partial charge in [-0.1, -0.05) is 12.1 Å². The number of amides is 1. The third-order valence-corrected chi connectivity index (χ3v) is 5.49. The number of anilines is 1. The van der Waals surface area contributed by atoms with E-state index >= 15 is 0 Å². The molecule has 2 atom stereocenters. The maximum atomic E-state index is 11.9. The standard InChI is InChI=1S/C18H24N2O3/c1-2-23-17(21)20-12-15-11-18(15,13-20)14-3-5-16(6-4-14)19-7-9-22-10-8-19/h3-6,15H,2,7-13H2,1H3. The number of morpholine rings is 1. The second-order valence-electron chi connectivity index (χ2n) is 6.78. The van der Waals surface area contributed by atoms with Crippen LogP contribution in [0.5, 0.6) is 0 Å². The average molecular weight is 316 g/mol. The average Bonchev–Trinajstić information content (AvgIpc) is 3.17. The molecule has 1 amide bonds. The lowest BCUT2D eigenvalue weighted by molar-refractivity contribution is 0.111. The number of rotatable bonds is 3. The Bertz CT molecular complexity index is 582. The fourth-order valence-electron chi connectivity index (χ4n) is 4.11. The third kappa shape index (κ3) is 2.57. The Morgan fingerprint density at radius 2 is 2.04 bits per heavy atom. The van der Waals surface area contributed by atoms with Crippen molar-refractivity contribution in [2.45, 2.75) is 18.8 Å². The van der Waals surface area contributed by atoms with Crippen LogP contribution in [-0.4, -0.2) is 57.0 Å². The predicted octanol–water partition coefficient (Wildman–Crippen LogP) is 2.25. The molecule has 1 aromatic rings. The molecule has 3 aliphatic rings. The summed E-state index contributed by atoms with van der Waals surface area (Å²) in [6, 6.07) is 8.94. The maximum absolute atomic E-state index is 11.9. The predicted molar refractivity (Wildman–Crippen MR) is 87.9 cm³/mol. The van der Waals surface area contributed by atoms with Gasteiger partial charge in [0.25, 0.3) is 0 Å². The zero-order valence-corrected chi connectivity index (χ0v) is 13.7. The molecule has 23 heavy (non-hydrogen) atoms. The van der Waals surface area contributed by atoms with Crippen molar-refractivity contribution in [3.63, 3.8) is 0 Å². The molecule has 1 saturated carbocycles. The minimum atomic E-state index is -0.163. The molecule has 0 bridgehead atoms. The smallest absolute Gasteiger partial charge is 0.409 e. The van der Waals surface area contributed by atoms with Gasteiger partial charge in [-0.05, 0) is 37.0 Å². The van der Waals surface area contributed by atoms with Crippen molar-refractivity contribution in [3.8, 4) is 0 Å². The summed E-state index contributed by atoms with van der Waals surface area (Å²) in [5.41, 5.74) is 2.81. The number of fused-ring (bicyclic) bond motifs is 1. The van der Waals surface area contributed by atoms with Gasteiger partial charge in [0.05, 0.1) is 19.8 Å². The van der Waals surface area contributed by atoms with Gasteiger partial charge in [-0.15, -0.1) is 0 Å². The van der Waals surface area contributed by atoms with Crippen molar-refractivity contribution in [1.29, 1.82) is 0 Å². The second kappa shape index (κ2) is 5.71. The van der Waals surface area contributed by atoms with Crippen LogP contribution in [0.15, 0.2) is 24.3 Å². The van der Waals surface area contributed by atoms with Crippen molar-refractivity contribution >= 4 is 11.8 Å². The van der Waals surface area contributed by atoms with E-state index in [2.05, 4.69) is 29.2 Å². The van der Waals surface area contributed by atoms with E-state index in [9.17, 15) is 4.79 Å². The van der Waals surface area contributed by atoms with Gasteiger partial charge in [0.1, 0.15) is 0 Å². The lowest BCUT2D eigenvalue weighted by atomic mass is 9.94. The fraction of sp³-hybridized carbons (Fsp3) is 0.611. The number of hydrogen-bond acceptors (Lipinski definition) is 4. The Balaban J connectivity index is 1.46. The van der Waals surface area contributed by atoms with Crippen LogP contribution in [0, 0.1) is 5.92 Å². The highest BCUT2D eigenvalue weighted by molar-refractivity contribution is 5.69. The number of likely N-dealkylation sites (tertiary alicyclic amines) is 1. The summed E-state index contributed by atoms with van der Waals surface area (Å²) < 4.78 is 10.6. The van der Waals surface area contributed by atoms with Gasteiger partial charge < -0.3 is 19.3 Å². The summed E-state index contributed by atoms with van der Waals surface area (Å²) in [5.74, 6) is 0.598. The summed E-state index contributed by atoms with van der Waals surface area (Å²) in [7, 11) is 0. The lowest BCUT2D eigenvalue weighted by Crippen LogP contribution is -2.36. The van der Waals surface area contributed by atoms with Gasteiger partial charge in [0.15, 0.2) is 0 Å². The quantitative estimate of drug-likeness (QED) is 0.858. The van der Waals surface area contributed by atoms with Crippen LogP contribution in [0.2, 0.25) is 0 Å². The molecule has 3 fully saturated rings. The molecule has 5 nitrogen and oxygen atoms in total. The Morgan fingerprint density at radius 1 is 1.30 bits per heavy atom. The highest BCUT2D eigenvalue weighted by Gasteiger charge is 2.61. The number of piperidine rings is 1. The minimum absolute atomic E-state index is 0.163. The molecule has 1 aliphatic carbocycles. The van der Waals surface area contributed by atoms with Crippen LogP contribution in [0.4, 0.5) is 10.5 Å². The van der Waals surface area contributed by atoms with E-state index in [0.29, 0.717) is 12.5 Å². The molecule has 0 N–H and O–H groups in total. The second-order valence-corrected chi connectivity index (χ2v) is 6.78.